The Bertz CT molecular complexity index is 454. The number of amides is 1. The summed E-state index contributed by atoms with van der Waals surface area (Å²) in [7, 11) is 1.83. The molecule has 3 nitrogen and oxygen atoms in total. The zero-order chi connectivity index (χ0) is 14.6. The lowest BCUT2D eigenvalue weighted by atomic mass is 9.96. The third kappa shape index (κ3) is 4.06. The van der Waals surface area contributed by atoms with Gasteiger partial charge in [0.05, 0.1) is 6.54 Å². The van der Waals surface area contributed by atoms with E-state index in [1.165, 1.54) is 22.3 Å². The molecule has 1 rings (SSSR count). The highest BCUT2D eigenvalue weighted by atomic mass is 16.2. The molecule has 106 valence electrons. The Kier molecular flexibility index (Phi) is 5.55. The first kappa shape index (κ1) is 15.7. The average molecular weight is 262 g/mol. The van der Waals surface area contributed by atoms with Crippen molar-refractivity contribution in [1.29, 1.82) is 0 Å². The lowest BCUT2D eigenvalue weighted by Gasteiger charge is -2.20. The Morgan fingerprint density at radius 1 is 1.21 bits per heavy atom. The van der Waals surface area contributed by atoms with E-state index < -0.39 is 0 Å². The smallest absolute Gasteiger partial charge is 0.236 e. The molecule has 1 aromatic rings. The molecule has 0 saturated heterocycles. The number of rotatable bonds is 5. The molecule has 1 N–H and O–H groups in total. The van der Waals surface area contributed by atoms with Crippen molar-refractivity contribution >= 4 is 5.91 Å². The van der Waals surface area contributed by atoms with Crippen molar-refractivity contribution in [2.24, 2.45) is 0 Å². The van der Waals surface area contributed by atoms with E-state index in [0.717, 1.165) is 6.54 Å². The number of nitrogens with one attached hydrogen (secondary N) is 1. The summed E-state index contributed by atoms with van der Waals surface area (Å²) in [4.78, 5) is 13.5. The molecule has 0 aliphatic heterocycles. The largest absolute Gasteiger partial charge is 0.345 e. The van der Waals surface area contributed by atoms with Gasteiger partial charge in [-0.15, -0.1) is 0 Å². The molecule has 1 atom stereocenters. The topological polar surface area (TPSA) is 32.3 Å². The van der Waals surface area contributed by atoms with Crippen LogP contribution < -0.4 is 5.32 Å². The Morgan fingerprint density at radius 3 is 2.37 bits per heavy atom. The van der Waals surface area contributed by atoms with Gasteiger partial charge in [0.2, 0.25) is 5.91 Å². The second-order valence-corrected chi connectivity index (χ2v) is 5.30. The van der Waals surface area contributed by atoms with Crippen molar-refractivity contribution in [2.45, 2.75) is 40.7 Å². The Hall–Kier alpha value is -1.35. The van der Waals surface area contributed by atoms with Crippen LogP contribution in [0.25, 0.3) is 0 Å². The highest BCUT2D eigenvalue weighted by Gasteiger charge is 2.12. The first-order valence-corrected chi connectivity index (χ1v) is 6.91. The van der Waals surface area contributed by atoms with E-state index in [-0.39, 0.29) is 11.9 Å². The number of carbonyl (C=O) groups excluding carboxylic acids is 1. The maximum Gasteiger partial charge on any atom is 0.236 e. The highest BCUT2D eigenvalue weighted by molar-refractivity contribution is 5.77. The third-order valence-electron chi connectivity index (χ3n) is 3.81. The summed E-state index contributed by atoms with van der Waals surface area (Å²) in [6, 6.07) is 4.62. The van der Waals surface area contributed by atoms with Gasteiger partial charge in [0.1, 0.15) is 0 Å². The summed E-state index contributed by atoms with van der Waals surface area (Å²) in [5.74, 6) is 0.135. The van der Waals surface area contributed by atoms with Crippen LogP contribution in [0.3, 0.4) is 0 Å². The Balaban J connectivity index is 2.71. The normalized spacial score (nSPS) is 12.3. The van der Waals surface area contributed by atoms with Crippen LogP contribution in [0.5, 0.6) is 0 Å². The van der Waals surface area contributed by atoms with Gasteiger partial charge in [0.15, 0.2) is 0 Å². The van der Waals surface area contributed by atoms with Crippen molar-refractivity contribution in [1.82, 2.24) is 10.2 Å². The van der Waals surface area contributed by atoms with Crippen LogP contribution in [0.15, 0.2) is 12.1 Å². The summed E-state index contributed by atoms with van der Waals surface area (Å²) in [6.07, 6.45) is 0. The first-order chi connectivity index (χ1) is 8.86. The van der Waals surface area contributed by atoms with Gasteiger partial charge in [-0.05, 0) is 56.9 Å². The van der Waals surface area contributed by atoms with Crippen molar-refractivity contribution in [2.75, 3.05) is 20.1 Å². The molecule has 0 fully saturated rings. The van der Waals surface area contributed by atoms with Crippen molar-refractivity contribution in [3.63, 3.8) is 0 Å². The summed E-state index contributed by atoms with van der Waals surface area (Å²) >= 11 is 0. The van der Waals surface area contributed by atoms with Gasteiger partial charge < -0.3 is 10.2 Å². The summed E-state index contributed by atoms with van der Waals surface area (Å²) in [5, 5.41) is 3.31. The van der Waals surface area contributed by atoms with Gasteiger partial charge in [-0.25, -0.2) is 0 Å². The molecule has 0 aliphatic rings. The standard InChI is InChI=1S/C16H26N2O/c1-7-18(6)16(19)10-17-14(5)15-9-12(3)11(2)8-13(15)4/h8-9,14,17H,7,10H2,1-6H3. The molecule has 0 aromatic heterocycles. The van der Waals surface area contributed by atoms with Crippen LogP contribution in [-0.4, -0.2) is 30.9 Å². The summed E-state index contributed by atoms with van der Waals surface area (Å²) < 4.78 is 0. The number of hydrogen-bond acceptors (Lipinski definition) is 2. The number of nitrogens with zero attached hydrogens (tertiary/aromatic N) is 1. The summed E-state index contributed by atoms with van der Waals surface area (Å²) in [6.45, 7) is 11.6. The monoisotopic (exact) mass is 262 g/mol. The van der Waals surface area contributed by atoms with E-state index in [1.54, 1.807) is 4.90 Å². The van der Waals surface area contributed by atoms with Gasteiger partial charge in [-0.1, -0.05) is 12.1 Å². The maximum absolute atomic E-state index is 11.8. The SMILES string of the molecule is CCN(C)C(=O)CNC(C)c1cc(C)c(C)cc1C. The summed E-state index contributed by atoms with van der Waals surface area (Å²) in [5.41, 5.74) is 5.16. The predicted octanol–water partition coefficient (Wildman–Crippen LogP) is 2.74. The number of likely N-dealkylation sites (N-methyl/N-ethyl adjacent to an activating group) is 1. The minimum Gasteiger partial charge on any atom is -0.345 e. The molecule has 0 radical (unpaired) electrons. The average Bonchev–Trinajstić information content (AvgIpc) is 2.38. The quantitative estimate of drug-likeness (QED) is 0.885. The van der Waals surface area contributed by atoms with Crippen molar-refractivity contribution in [3.05, 3.63) is 34.4 Å². The molecule has 19 heavy (non-hydrogen) atoms. The molecule has 0 heterocycles. The number of benzene rings is 1. The van der Waals surface area contributed by atoms with Crippen molar-refractivity contribution in [3.8, 4) is 0 Å². The van der Waals surface area contributed by atoms with E-state index in [2.05, 4.69) is 45.1 Å². The lowest BCUT2D eigenvalue weighted by Crippen LogP contribution is -2.36. The van der Waals surface area contributed by atoms with E-state index in [9.17, 15) is 4.79 Å². The lowest BCUT2D eigenvalue weighted by molar-refractivity contribution is -0.128. The molecule has 1 amide bonds. The second kappa shape index (κ2) is 6.71. The van der Waals surface area contributed by atoms with Crippen molar-refractivity contribution < 1.29 is 4.79 Å². The van der Waals surface area contributed by atoms with Crippen LogP contribution in [0.1, 0.15) is 42.1 Å². The highest BCUT2D eigenvalue weighted by Crippen LogP contribution is 2.21. The minimum atomic E-state index is 0.135. The molecular formula is C16H26N2O. The van der Waals surface area contributed by atoms with Gasteiger partial charge in [-0.3, -0.25) is 4.79 Å². The molecule has 1 unspecified atom stereocenters. The van der Waals surface area contributed by atoms with Gasteiger partial charge in [0.25, 0.3) is 0 Å². The van der Waals surface area contributed by atoms with E-state index in [4.69, 9.17) is 0 Å². The fourth-order valence-corrected chi connectivity index (χ4v) is 2.11. The minimum absolute atomic E-state index is 0.135. The number of aryl methyl sites for hydroxylation is 3. The molecule has 1 aromatic carbocycles. The third-order valence-corrected chi connectivity index (χ3v) is 3.81. The predicted molar refractivity (Wildman–Crippen MR) is 80.4 cm³/mol. The van der Waals surface area contributed by atoms with Crippen LogP contribution in [0, 0.1) is 20.8 Å². The van der Waals surface area contributed by atoms with E-state index in [0.29, 0.717) is 6.54 Å². The zero-order valence-electron chi connectivity index (χ0n) is 13.0. The van der Waals surface area contributed by atoms with Gasteiger partial charge in [0, 0.05) is 19.6 Å². The molecule has 0 spiro atoms. The van der Waals surface area contributed by atoms with Crippen LogP contribution >= 0.6 is 0 Å². The molecule has 0 bridgehead atoms. The van der Waals surface area contributed by atoms with E-state index in [1.807, 2.05) is 14.0 Å². The fraction of sp³-hybridized carbons (Fsp3) is 0.562. The zero-order valence-corrected chi connectivity index (χ0v) is 13.0. The fourth-order valence-electron chi connectivity index (χ4n) is 2.11. The second-order valence-electron chi connectivity index (χ2n) is 5.30. The first-order valence-electron chi connectivity index (χ1n) is 6.91. The van der Waals surface area contributed by atoms with Gasteiger partial charge in [-0.2, -0.15) is 0 Å². The maximum atomic E-state index is 11.8. The van der Waals surface area contributed by atoms with Crippen LogP contribution in [0.2, 0.25) is 0 Å². The number of hydrogen-bond donors (Lipinski definition) is 1. The molecule has 0 saturated carbocycles. The number of carbonyl (C=O) groups is 1. The van der Waals surface area contributed by atoms with E-state index >= 15 is 0 Å². The van der Waals surface area contributed by atoms with Gasteiger partial charge >= 0.3 is 0 Å². The Labute approximate surface area is 117 Å². The molecule has 0 aliphatic carbocycles. The molecule has 3 heteroatoms. The molecular weight excluding hydrogens is 236 g/mol. The van der Waals surface area contributed by atoms with Crippen LogP contribution in [0.4, 0.5) is 0 Å². The Morgan fingerprint density at radius 2 is 1.79 bits per heavy atom. The van der Waals surface area contributed by atoms with Crippen LogP contribution in [-0.2, 0) is 4.79 Å².